The summed E-state index contributed by atoms with van der Waals surface area (Å²) in [4.78, 5) is 36.9. The van der Waals surface area contributed by atoms with Crippen molar-refractivity contribution in [2.45, 2.75) is 6.92 Å². The zero-order chi connectivity index (χ0) is 22.1. The highest BCUT2D eigenvalue weighted by atomic mass is 32.1. The minimum absolute atomic E-state index is 0.190. The number of nitrogens with zero attached hydrogens (tertiary/aromatic N) is 2. The van der Waals surface area contributed by atoms with Gasteiger partial charge in [-0.05, 0) is 48.7 Å². The molecular weight excluding hydrogens is 443 g/mol. The number of hydrogen-bond acceptors (Lipinski definition) is 7. The van der Waals surface area contributed by atoms with E-state index in [0.29, 0.717) is 26.1 Å². The van der Waals surface area contributed by atoms with Gasteiger partial charge in [-0.2, -0.15) is 5.10 Å². The number of thiophene rings is 2. The summed E-state index contributed by atoms with van der Waals surface area (Å²) in [5.41, 5.74) is 6.78. The number of esters is 1. The molecule has 1 aromatic carbocycles. The molecule has 158 valence electrons. The number of rotatable bonds is 6. The Morgan fingerprint density at radius 2 is 1.97 bits per heavy atom. The first-order valence-electron chi connectivity index (χ1n) is 8.93. The summed E-state index contributed by atoms with van der Waals surface area (Å²) >= 11 is 2.30. The molecule has 0 aliphatic rings. The minimum atomic E-state index is -0.664. The molecule has 0 atom stereocenters. The van der Waals surface area contributed by atoms with Crippen LogP contribution in [0.2, 0.25) is 0 Å². The highest BCUT2D eigenvalue weighted by Crippen LogP contribution is 2.31. The normalized spacial score (nSPS) is 10.9. The molecule has 0 bridgehead atoms. The molecule has 11 heteroatoms. The lowest BCUT2D eigenvalue weighted by Gasteiger charge is -2.05. The minimum Gasteiger partial charge on any atom is -0.451 e. The SMILES string of the molecule is Cc1nn(-c2ccc(F)cc2)c2sc(C(=O)OCC(=O)Nc3sccc3C(N)=O)cc12. The number of carbonyl (C=O) groups is 3. The number of aryl methyl sites for hydroxylation is 1. The van der Waals surface area contributed by atoms with E-state index in [2.05, 4.69) is 10.4 Å². The van der Waals surface area contributed by atoms with Gasteiger partial charge in [0.05, 0.1) is 16.9 Å². The maximum absolute atomic E-state index is 13.2. The molecule has 0 aliphatic heterocycles. The quantitative estimate of drug-likeness (QED) is 0.429. The summed E-state index contributed by atoms with van der Waals surface area (Å²) in [6, 6.07) is 8.99. The highest BCUT2D eigenvalue weighted by Gasteiger charge is 2.20. The predicted molar refractivity (Wildman–Crippen MR) is 115 cm³/mol. The topological polar surface area (TPSA) is 116 Å². The summed E-state index contributed by atoms with van der Waals surface area (Å²) in [6.07, 6.45) is 0. The van der Waals surface area contributed by atoms with E-state index in [1.54, 1.807) is 35.2 Å². The van der Waals surface area contributed by atoms with E-state index in [9.17, 15) is 18.8 Å². The number of fused-ring (bicyclic) bond motifs is 1. The Bertz CT molecular complexity index is 1310. The summed E-state index contributed by atoms with van der Waals surface area (Å²) in [7, 11) is 0. The predicted octanol–water partition coefficient (Wildman–Crippen LogP) is 3.49. The van der Waals surface area contributed by atoms with Gasteiger partial charge in [0.15, 0.2) is 6.61 Å². The molecule has 0 saturated carbocycles. The van der Waals surface area contributed by atoms with E-state index in [-0.39, 0.29) is 11.4 Å². The molecule has 0 fully saturated rings. The van der Waals surface area contributed by atoms with Crippen LogP contribution < -0.4 is 11.1 Å². The first-order chi connectivity index (χ1) is 14.8. The average molecular weight is 458 g/mol. The molecule has 3 aromatic heterocycles. The smallest absolute Gasteiger partial charge is 0.348 e. The van der Waals surface area contributed by atoms with Crippen molar-refractivity contribution in [3.63, 3.8) is 0 Å². The van der Waals surface area contributed by atoms with Gasteiger partial charge in [-0.1, -0.05) is 0 Å². The van der Waals surface area contributed by atoms with Gasteiger partial charge in [0, 0.05) is 5.39 Å². The zero-order valence-corrected chi connectivity index (χ0v) is 17.7. The van der Waals surface area contributed by atoms with Crippen LogP contribution in [0.1, 0.15) is 25.7 Å². The molecule has 0 radical (unpaired) electrons. The number of aromatic nitrogens is 2. The third kappa shape index (κ3) is 4.18. The standard InChI is InChI=1S/C20H15FN4O4S2/c1-10-14-8-15(31-19(14)25(24-10)12-4-2-11(21)3-5-12)20(28)29-9-16(26)23-18-13(17(22)27)6-7-30-18/h2-8H,9H2,1H3,(H2,22,27)(H,23,26). The largest absolute Gasteiger partial charge is 0.451 e. The molecule has 8 nitrogen and oxygen atoms in total. The number of hydrogen-bond donors (Lipinski definition) is 2. The van der Waals surface area contributed by atoms with Crippen molar-refractivity contribution in [1.82, 2.24) is 9.78 Å². The van der Waals surface area contributed by atoms with Crippen molar-refractivity contribution >= 4 is 55.7 Å². The van der Waals surface area contributed by atoms with Crippen LogP contribution in [0.5, 0.6) is 0 Å². The highest BCUT2D eigenvalue weighted by molar-refractivity contribution is 7.20. The molecule has 0 saturated heterocycles. The number of nitrogens with one attached hydrogen (secondary N) is 1. The van der Waals surface area contributed by atoms with E-state index >= 15 is 0 Å². The molecule has 0 aliphatic carbocycles. The summed E-state index contributed by atoms with van der Waals surface area (Å²) in [6.45, 7) is 1.28. The molecule has 3 N–H and O–H groups in total. The number of nitrogens with two attached hydrogens (primary N) is 1. The summed E-state index contributed by atoms with van der Waals surface area (Å²) in [5.74, 6) is -2.27. The fourth-order valence-electron chi connectivity index (χ4n) is 2.87. The van der Waals surface area contributed by atoms with Crippen molar-refractivity contribution in [1.29, 1.82) is 0 Å². The number of ether oxygens (including phenoxy) is 1. The lowest BCUT2D eigenvalue weighted by Crippen LogP contribution is -2.22. The molecule has 0 unspecified atom stereocenters. The number of anilines is 1. The Hall–Kier alpha value is -3.57. The molecule has 4 aromatic rings. The monoisotopic (exact) mass is 458 g/mol. The van der Waals surface area contributed by atoms with Crippen LogP contribution in [0.15, 0.2) is 41.8 Å². The lowest BCUT2D eigenvalue weighted by atomic mass is 10.3. The fourth-order valence-corrected chi connectivity index (χ4v) is 4.76. The maximum Gasteiger partial charge on any atom is 0.348 e. The molecule has 31 heavy (non-hydrogen) atoms. The average Bonchev–Trinajstić information content (AvgIpc) is 3.44. The maximum atomic E-state index is 13.2. The van der Waals surface area contributed by atoms with Crippen molar-refractivity contribution < 1.29 is 23.5 Å². The third-order valence-electron chi connectivity index (χ3n) is 4.34. The van der Waals surface area contributed by atoms with Crippen molar-refractivity contribution in [2.75, 3.05) is 11.9 Å². The van der Waals surface area contributed by atoms with Gasteiger partial charge >= 0.3 is 5.97 Å². The van der Waals surface area contributed by atoms with Crippen LogP contribution in [-0.2, 0) is 9.53 Å². The van der Waals surface area contributed by atoms with Gasteiger partial charge in [-0.3, -0.25) is 9.59 Å². The van der Waals surface area contributed by atoms with Crippen molar-refractivity contribution in [3.05, 3.63) is 63.7 Å². The van der Waals surface area contributed by atoms with Gasteiger partial charge in [-0.25, -0.2) is 13.9 Å². The van der Waals surface area contributed by atoms with E-state index < -0.39 is 24.4 Å². The second-order valence-corrected chi connectivity index (χ2v) is 8.40. The van der Waals surface area contributed by atoms with E-state index in [1.165, 1.54) is 18.2 Å². The van der Waals surface area contributed by atoms with Crippen LogP contribution in [-0.4, -0.2) is 34.2 Å². The van der Waals surface area contributed by atoms with Crippen LogP contribution in [0.3, 0.4) is 0 Å². The zero-order valence-electron chi connectivity index (χ0n) is 16.0. The van der Waals surface area contributed by atoms with Crippen LogP contribution in [0.25, 0.3) is 15.9 Å². The van der Waals surface area contributed by atoms with Crippen molar-refractivity contribution in [2.24, 2.45) is 5.73 Å². The van der Waals surface area contributed by atoms with Gasteiger partial charge in [0.2, 0.25) is 0 Å². The Balaban J connectivity index is 1.47. The second-order valence-electron chi connectivity index (χ2n) is 6.46. The fraction of sp³-hybridized carbons (Fsp3) is 0.100. The Labute approximate surface area is 183 Å². The molecule has 2 amide bonds. The van der Waals surface area contributed by atoms with Gasteiger partial charge < -0.3 is 15.8 Å². The lowest BCUT2D eigenvalue weighted by molar-refractivity contribution is -0.119. The van der Waals surface area contributed by atoms with E-state index in [1.807, 2.05) is 0 Å². The number of carbonyl (C=O) groups excluding carboxylic acids is 3. The molecule has 4 rings (SSSR count). The van der Waals surface area contributed by atoms with E-state index in [4.69, 9.17) is 10.5 Å². The van der Waals surface area contributed by atoms with E-state index in [0.717, 1.165) is 28.1 Å². The van der Waals surface area contributed by atoms with Gasteiger partial charge in [0.1, 0.15) is 20.5 Å². The van der Waals surface area contributed by atoms with Gasteiger partial charge in [-0.15, -0.1) is 22.7 Å². The van der Waals surface area contributed by atoms with Crippen LogP contribution in [0.4, 0.5) is 9.39 Å². The number of amides is 2. The Morgan fingerprint density at radius 3 is 2.68 bits per heavy atom. The summed E-state index contributed by atoms with van der Waals surface area (Å²) < 4.78 is 20.0. The Morgan fingerprint density at radius 1 is 1.23 bits per heavy atom. The second kappa shape index (κ2) is 8.28. The molecule has 0 spiro atoms. The number of primary amides is 1. The van der Waals surface area contributed by atoms with Gasteiger partial charge in [0.25, 0.3) is 11.8 Å². The first kappa shape index (κ1) is 20.7. The number of halogens is 1. The first-order valence-corrected chi connectivity index (χ1v) is 10.6. The third-order valence-corrected chi connectivity index (χ3v) is 6.26. The molecular formula is C20H15FN4O4S2. The van der Waals surface area contributed by atoms with Crippen LogP contribution >= 0.6 is 22.7 Å². The Kier molecular flexibility index (Phi) is 5.53. The number of benzene rings is 1. The summed E-state index contributed by atoms with van der Waals surface area (Å²) in [5, 5.41) is 9.62. The van der Waals surface area contributed by atoms with Crippen molar-refractivity contribution in [3.8, 4) is 5.69 Å². The van der Waals surface area contributed by atoms with Crippen LogP contribution in [0, 0.1) is 12.7 Å². The molecule has 3 heterocycles.